The summed E-state index contributed by atoms with van der Waals surface area (Å²) < 4.78 is 8.20. The Morgan fingerprint density at radius 3 is 2.14 bits per heavy atom. The molecule has 0 aliphatic rings. The molecule has 0 fully saturated rings. The summed E-state index contributed by atoms with van der Waals surface area (Å²) in [5.41, 5.74) is 2.71. The number of aromatic nitrogens is 1. The molecule has 2 rings (SSSR count). The smallest absolute Gasteiger partial charge is 0.251 e. The lowest BCUT2D eigenvalue weighted by Crippen LogP contribution is -3.00. The van der Waals surface area contributed by atoms with Crippen LogP contribution in [0.1, 0.15) is 114 Å². The van der Waals surface area contributed by atoms with Crippen LogP contribution in [-0.2, 0) is 19.0 Å². The van der Waals surface area contributed by atoms with Crippen molar-refractivity contribution in [3.05, 3.63) is 59.4 Å². The second-order valence-corrected chi connectivity index (χ2v) is 10.5. The summed E-state index contributed by atoms with van der Waals surface area (Å²) in [6.45, 7) is 10.0. The number of nitrogens with zero attached hydrogens (tertiary/aromatic N) is 1. The van der Waals surface area contributed by atoms with Crippen molar-refractivity contribution in [2.24, 2.45) is 7.05 Å². The van der Waals surface area contributed by atoms with Gasteiger partial charge in [0.1, 0.15) is 19.3 Å². The molecule has 4 nitrogen and oxygen atoms in total. The minimum Gasteiger partial charge on any atom is -1.00 e. The van der Waals surface area contributed by atoms with Crippen molar-refractivity contribution in [2.45, 2.75) is 104 Å². The van der Waals surface area contributed by atoms with Gasteiger partial charge in [-0.15, -0.1) is 0 Å². The number of unbranched alkanes of at least 4 members (excludes halogenated alkanes) is 9. The van der Waals surface area contributed by atoms with Gasteiger partial charge < -0.3 is 34.0 Å². The molecule has 1 aromatic heterocycles. The molecule has 0 aliphatic carbocycles. The van der Waals surface area contributed by atoms with Crippen LogP contribution < -0.4 is 38.6 Å². The number of amides is 1. The van der Waals surface area contributed by atoms with Crippen molar-refractivity contribution in [2.75, 3.05) is 6.61 Å². The van der Waals surface area contributed by atoms with Crippen LogP contribution in [0.2, 0.25) is 0 Å². The summed E-state index contributed by atoms with van der Waals surface area (Å²) in [5, 5.41) is 3.04. The third-order valence-corrected chi connectivity index (χ3v) is 6.40. The zero-order valence-corrected chi connectivity index (χ0v) is 24.8. The fourth-order valence-electron chi connectivity index (χ4n) is 4.17. The average Bonchev–Trinajstić information content (AvgIpc) is 2.81. The molecule has 0 saturated heterocycles. The summed E-state index contributed by atoms with van der Waals surface area (Å²) >= 11 is 0. The zero-order valence-electron chi connectivity index (χ0n) is 22.7. The van der Waals surface area contributed by atoms with Crippen LogP contribution in [0, 0.1) is 0 Å². The average molecular weight is 595 g/mol. The maximum absolute atomic E-state index is 12.8. The molecule has 1 heterocycles. The van der Waals surface area contributed by atoms with E-state index >= 15 is 0 Å². The molecule has 1 aromatic carbocycles. The zero-order chi connectivity index (χ0) is 24.8. The molecule has 0 atom stereocenters. The van der Waals surface area contributed by atoms with E-state index < -0.39 is 0 Å². The van der Waals surface area contributed by atoms with E-state index in [0.717, 1.165) is 30.0 Å². The van der Waals surface area contributed by atoms with Gasteiger partial charge in [-0.25, -0.2) is 4.57 Å². The minimum absolute atomic E-state index is 0. The van der Waals surface area contributed by atoms with Crippen LogP contribution in [0.25, 0.3) is 0 Å². The number of hydrogen-bond donors (Lipinski definition) is 1. The number of nitrogens with one attached hydrogen (secondary N) is 1. The van der Waals surface area contributed by atoms with Crippen LogP contribution >= 0.6 is 0 Å². The molecule has 0 spiro atoms. The number of carbonyl (C=O) groups excluding carboxylic acids is 1. The number of ether oxygens (including phenoxy) is 1. The van der Waals surface area contributed by atoms with Gasteiger partial charge >= 0.3 is 0 Å². The SMILES string of the molecule is CCCCCCCCCCCCOc1ccc(C(=O)NCc2cccc[n+]2C)cc1C(C)(C)C.[I-]. The van der Waals surface area contributed by atoms with E-state index in [1.165, 1.54) is 57.8 Å². The van der Waals surface area contributed by atoms with E-state index in [0.29, 0.717) is 12.1 Å². The Bertz CT molecular complexity index is 877. The molecule has 0 aliphatic heterocycles. The predicted molar refractivity (Wildman–Crippen MR) is 141 cm³/mol. The van der Waals surface area contributed by atoms with Gasteiger partial charge in [0.2, 0.25) is 0 Å². The Hall–Kier alpha value is -1.63. The van der Waals surface area contributed by atoms with E-state index in [-0.39, 0.29) is 35.3 Å². The first-order valence-electron chi connectivity index (χ1n) is 13.3. The molecular formula is C30H47IN2O2. The summed E-state index contributed by atoms with van der Waals surface area (Å²) in [4.78, 5) is 12.8. The Kier molecular flexibility index (Phi) is 15.2. The normalized spacial score (nSPS) is 11.1. The molecule has 196 valence electrons. The van der Waals surface area contributed by atoms with E-state index in [4.69, 9.17) is 4.74 Å². The van der Waals surface area contributed by atoms with Crippen molar-refractivity contribution < 1.29 is 38.1 Å². The van der Waals surface area contributed by atoms with Crippen molar-refractivity contribution in [3.8, 4) is 5.75 Å². The topological polar surface area (TPSA) is 42.2 Å². The maximum Gasteiger partial charge on any atom is 0.251 e. The molecular weight excluding hydrogens is 547 g/mol. The van der Waals surface area contributed by atoms with Gasteiger partial charge in [-0.2, -0.15) is 0 Å². The highest BCUT2D eigenvalue weighted by molar-refractivity contribution is 5.94. The first kappa shape index (κ1) is 31.4. The molecule has 0 saturated carbocycles. The second-order valence-electron chi connectivity index (χ2n) is 10.5. The lowest BCUT2D eigenvalue weighted by atomic mass is 9.85. The maximum atomic E-state index is 12.8. The van der Waals surface area contributed by atoms with E-state index in [1.807, 2.05) is 54.2 Å². The Labute approximate surface area is 231 Å². The summed E-state index contributed by atoms with van der Waals surface area (Å²) in [5.74, 6) is 0.838. The van der Waals surface area contributed by atoms with Gasteiger partial charge in [-0.05, 0) is 30.0 Å². The number of halogens is 1. The van der Waals surface area contributed by atoms with E-state index in [9.17, 15) is 4.79 Å². The van der Waals surface area contributed by atoms with E-state index in [1.54, 1.807) is 0 Å². The lowest BCUT2D eigenvalue weighted by molar-refractivity contribution is -0.679. The number of aryl methyl sites for hydroxylation is 1. The highest BCUT2D eigenvalue weighted by Gasteiger charge is 2.21. The van der Waals surface area contributed by atoms with Crippen LogP contribution in [0.5, 0.6) is 5.75 Å². The molecule has 35 heavy (non-hydrogen) atoms. The molecule has 2 aromatic rings. The van der Waals surface area contributed by atoms with Crippen LogP contribution in [-0.4, -0.2) is 12.5 Å². The second kappa shape index (κ2) is 16.9. The summed E-state index contributed by atoms with van der Waals surface area (Å²) in [6, 6.07) is 11.8. The Morgan fingerprint density at radius 2 is 1.54 bits per heavy atom. The third-order valence-electron chi connectivity index (χ3n) is 6.40. The lowest BCUT2D eigenvalue weighted by Gasteiger charge is -2.23. The molecule has 1 amide bonds. The summed E-state index contributed by atoms with van der Waals surface area (Å²) in [6.07, 6.45) is 15.2. The van der Waals surface area contributed by atoms with Gasteiger partial charge in [-0.1, -0.05) is 91.5 Å². The van der Waals surface area contributed by atoms with Crippen molar-refractivity contribution >= 4 is 5.91 Å². The Morgan fingerprint density at radius 1 is 0.914 bits per heavy atom. The number of hydrogen-bond acceptors (Lipinski definition) is 2. The molecule has 0 unspecified atom stereocenters. The minimum atomic E-state index is -0.102. The fraction of sp³-hybridized carbons (Fsp3) is 0.600. The highest BCUT2D eigenvalue weighted by atomic mass is 127. The van der Waals surface area contributed by atoms with Crippen molar-refractivity contribution in [3.63, 3.8) is 0 Å². The predicted octanol–water partition coefficient (Wildman–Crippen LogP) is 4.04. The van der Waals surface area contributed by atoms with Crippen molar-refractivity contribution in [1.82, 2.24) is 5.32 Å². The Balaban J connectivity index is 0.00000612. The molecule has 5 heteroatoms. The highest BCUT2D eigenvalue weighted by Crippen LogP contribution is 2.32. The molecule has 0 radical (unpaired) electrons. The number of rotatable bonds is 15. The van der Waals surface area contributed by atoms with Gasteiger partial charge in [0.25, 0.3) is 5.91 Å². The van der Waals surface area contributed by atoms with E-state index in [2.05, 4.69) is 33.0 Å². The first-order valence-corrected chi connectivity index (χ1v) is 13.3. The number of carbonyl (C=O) groups is 1. The van der Waals surface area contributed by atoms with Crippen LogP contribution in [0.4, 0.5) is 0 Å². The van der Waals surface area contributed by atoms with Gasteiger partial charge in [0.15, 0.2) is 11.9 Å². The van der Waals surface area contributed by atoms with Gasteiger partial charge in [0.05, 0.1) is 6.61 Å². The van der Waals surface area contributed by atoms with Crippen LogP contribution in [0.3, 0.4) is 0 Å². The standard InChI is InChI=1S/C30H46N2O2.HI/c1-6-7-8-9-10-11-12-13-14-17-22-34-28-20-19-25(23-27(28)30(2,3)4)29(33)31-24-26-18-15-16-21-32(26)5;/h15-16,18-21,23H,6-14,17,22,24H2,1-5H3;1H. The molecule has 1 N–H and O–H groups in total. The molecule has 0 bridgehead atoms. The quantitative estimate of drug-likeness (QED) is 0.192. The van der Waals surface area contributed by atoms with Crippen molar-refractivity contribution in [1.29, 1.82) is 0 Å². The van der Waals surface area contributed by atoms with Gasteiger partial charge in [0, 0.05) is 23.3 Å². The largest absolute Gasteiger partial charge is 1.00 e. The fourth-order valence-corrected chi connectivity index (χ4v) is 4.17. The van der Waals surface area contributed by atoms with Gasteiger partial charge in [-0.3, -0.25) is 4.79 Å². The summed E-state index contributed by atoms with van der Waals surface area (Å²) in [7, 11) is 1.99. The number of benzene rings is 1. The number of pyridine rings is 1. The third kappa shape index (κ3) is 11.8. The first-order chi connectivity index (χ1) is 16.3. The monoisotopic (exact) mass is 594 g/mol. The van der Waals surface area contributed by atoms with Crippen LogP contribution in [0.15, 0.2) is 42.6 Å².